The van der Waals surface area contributed by atoms with Crippen LogP contribution in [-0.4, -0.2) is 58.6 Å². The first-order valence-corrected chi connectivity index (χ1v) is 12.2. The Morgan fingerprint density at radius 1 is 1.11 bits per heavy atom. The number of H-pyrrole nitrogens is 1. The first-order chi connectivity index (χ1) is 16.5. The molecule has 2 N–H and O–H groups in total. The molecule has 35 heavy (non-hydrogen) atoms. The van der Waals surface area contributed by atoms with Gasteiger partial charge in [0.25, 0.3) is 5.91 Å². The summed E-state index contributed by atoms with van der Waals surface area (Å²) in [6.07, 6.45) is -0.275. The number of ether oxygens (including phenoxy) is 1. The molecule has 1 aliphatic rings. The van der Waals surface area contributed by atoms with Crippen LogP contribution in [0.25, 0.3) is 11.0 Å². The molecule has 3 aromatic rings. The van der Waals surface area contributed by atoms with Crippen molar-refractivity contribution in [3.63, 3.8) is 0 Å². The van der Waals surface area contributed by atoms with Gasteiger partial charge < -0.3 is 24.8 Å². The second-order valence-corrected chi connectivity index (χ2v) is 10.4. The van der Waals surface area contributed by atoms with E-state index in [4.69, 9.17) is 16.3 Å². The van der Waals surface area contributed by atoms with Gasteiger partial charge in [0.15, 0.2) is 0 Å². The van der Waals surface area contributed by atoms with Gasteiger partial charge in [-0.2, -0.15) is 0 Å². The standard InChI is InChI=1S/C26H32ClN5O3/c1-16-14-18(24(33)28-17(2)23-29-20-8-7-19(27)15-21(20)30-23)6-9-22(16)31-10-12-32(13-11-31)25(34)35-26(3,4)5/h6-9,14-15,17H,10-13H2,1-5H3,(H,28,33)(H,29,30)/t17-/m0/s1. The maximum Gasteiger partial charge on any atom is 0.410 e. The Hall–Kier alpha value is -3.26. The number of aromatic amines is 1. The van der Waals surface area contributed by atoms with Gasteiger partial charge >= 0.3 is 6.09 Å². The highest BCUT2D eigenvalue weighted by atomic mass is 35.5. The van der Waals surface area contributed by atoms with Gasteiger partial charge in [-0.25, -0.2) is 9.78 Å². The van der Waals surface area contributed by atoms with Crippen molar-refractivity contribution in [3.8, 4) is 0 Å². The van der Waals surface area contributed by atoms with Gasteiger partial charge in [0.05, 0.1) is 17.1 Å². The Bertz CT molecular complexity index is 1240. The fourth-order valence-corrected chi connectivity index (χ4v) is 4.33. The lowest BCUT2D eigenvalue weighted by Gasteiger charge is -2.37. The highest BCUT2D eigenvalue weighted by Gasteiger charge is 2.26. The molecule has 9 heteroatoms. The van der Waals surface area contributed by atoms with E-state index in [2.05, 4.69) is 20.2 Å². The SMILES string of the molecule is Cc1cc(C(=O)N[C@@H](C)c2nc3cc(Cl)ccc3[nH]2)ccc1N1CCN(C(=O)OC(C)(C)C)CC1. The zero-order valence-corrected chi connectivity index (χ0v) is 21.6. The van der Waals surface area contributed by atoms with Crippen molar-refractivity contribution in [3.05, 3.63) is 58.4 Å². The average Bonchev–Trinajstić information content (AvgIpc) is 3.21. The van der Waals surface area contributed by atoms with Crippen LogP contribution in [0.4, 0.5) is 10.5 Å². The Balaban J connectivity index is 1.37. The molecule has 0 saturated carbocycles. The third-order valence-electron chi connectivity index (χ3n) is 5.95. The van der Waals surface area contributed by atoms with Crippen LogP contribution in [0.15, 0.2) is 36.4 Å². The molecule has 1 aliphatic heterocycles. The molecule has 2 heterocycles. The van der Waals surface area contributed by atoms with E-state index in [1.165, 1.54) is 0 Å². The molecule has 0 radical (unpaired) electrons. The first-order valence-electron chi connectivity index (χ1n) is 11.8. The number of benzene rings is 2. The minimum atomic E-state index is -0.503. The van der Waals surface area contributed by atoms with Crippen molar-refractivity contribution in [2.75, 3.05) is 31.1 Å². The topological polar surface area (TPSA) is 90.6 Å². The van der Waals surface area contributed by atoms with Gasteiger partial charge in [0.2, 0.25) is 0 Å². The minimum absolute atomic E-state index is 0.166. The van der Waals surface area contributed by atoms with Crippen LogP contribution in [0.5, 0.6) is 0 Å². The number of aromatic nitrogens is 2. The van der Waals surface area contributed by atoms with Crippen molar-refractivity contribution in [2.24, 2.45) is 0 Å². The van der Waals surface area contributed by atoms with E-state index in [1.54, 1.807) is 17.0 Å². The number of rotatable bonds is 4. The number of hydrogen-bond donors (Lipinski definition) is 2. The van der Waals surface area contributed by atoms with Crippen molar-refractivity contribution in [2.45, 2.75) is 46.3 Å². The van der Waals surface area contributed by atoms with Crippen LogP contribution in [0, 0.1) is 6.92 Å². The van der Waals surface area contributed by atoms with Gasteiger partial charge in [-0.1, -0.05) is 11.6 Å². The molecule has 0 unspecified atom stereocenters. The summed E-state index contributed by atoms with van der Waals surface area (Å²) >= 11 is 6.05. The number of fused-ring (bicyclic) bond motifs is 1. The van der Waals surface area contributed by atoms with Crippen LogP contribution < -0.4 is 10.2 Å². The van der Waals surface area contributed by atoms with Crippen molar-refractivity contribution >= 4 is 40.3 Å². The molecule has 8 nitrogen and oxygen atoms in total. The maximum atomic E-state index is 12.9. The fourth-order valence-electron chi connectivity index (χ4n) is 4.16. The van der Waals surface area contributed by atoms with Gasteiger partial charge in [0.1, 0.15) is 11.4 Å². The molecule has 2 amide bonds. The van der Waals surface area contributed by atoms with E-state index in [-0.39, 0.29) is 18.0 Å². The molecular formula is C26H32ClN5O3. The maximum absolute atomic E-state index is 12.9. The number of amides is 2. The summed E-state index contributed by atoms with van der Waals surface area (Å²) in [5.41, 5.74) is 3.79. The average molecular weight is 498 g/mol. The van der Waals surface area contributed by atoms with Crippen LogP contribution in [-0.2, 0) is 4.74 Å². The Morgan fingerprint density at radius 3 is 2.49 bits per heavy atom. The molecule has 1 fully saturated rings. The van der Waals surface area contributed by atoms with E-state index in [1.807, 2.05) is 58.9 Å². The van der Waals surface area contributed by atoms with Crippen LogP contribution in [0.1, 0.15) is 55.5 Å². The van der Waals surface area contributed by atoms with Gasteiger partial charge in [-0.05, 0) is 76.6 Å². The summed E-state index contributed by atoms with van der Waals surface area (Å²) in [6.45, 7) is 12.1. The quantitative estimate of drug-likeness (QED) is 0.525. The van der Waals surface area contributed by atoms with Crippen molar-refractivity contribution in [1.29, 1.82) is 0 Å². The Morgan fingerprint density at radius 2 is 1.83 bits per heavy atom. The number of imidazole rings is 1. The summed E-state index contributed by atoms with van der Waals surface area (Å²) in [6, 6.07) is 10.9. The Labute approximate surface area is 210 Å². The number of nitrogens with zero attached hydrogens (tertiary/aromatic N) is 3. The van der Waals surface area contributed by atoms with E-state index in [0.29, 0.717) is 42.6 Å². The molecule has 1 atom stereocenters. The first kappa shape index (κ1) is 24.9. The third kappa shape index (κ3) is 5.88. The number of hydrogen-bond acceptors (Lipinski definition) is 5. The monoisotopic (exact) mass is 497 g/mol. The van der Waals surface area contributed by atoms with Crippen LogP contribution in [0.3, 0.4) is 0 Å². The molecule has 186 valence electrons. The van der Waals surface area contributed by atoms with E-state index in [9.17, 15) is 9.59 Å². The summed E-state index contributed by atoms with van der Waals surface area (Å²) < 4.78 is 5.48. The lowest BCUT2D eigenvalue weighted by Crippen LogP contribution is -2.50. The zero-order valence-electron chi connectivity index (χ0n) is 20.8. The van der Waals surface area contributed by atoms with E-state index >= 15 is 0 Å². The molecule has 0 bridgehead atoms. The number of halogens is 1. The molecule has 0 aliphatic carbocycles. The second kappa shape index (κ2) is 9.77. The predicted molar refractivity (Wildman–Crippen MR) is 138 cm³/mol. The highest BCUT2D eigenvalue weighted by molar-refractivity contribution is 6.31. The smallest absolute Gasteiger partial charge is 0.410 e. The number of nitrogens with one attached hydrogen (secondary N) is 2. The summed E-state index contributed by atoms with van der Waals surface area (Å²) in [5, 5.41) is 3.63. The van der Waals surface area contributed by atoms with Gasteiger partial charge in [0, 0.05) is 42.5 Å². The minimum Gasteiger partial charge on any atom is -0.444 e. The lowest BCUT2D eigenvalue weighted by atomic mass is 10.1. The normalized spacial score (nSPS) is 15.3. The van der Waals surface area contributed by atoms with Crippen molar-refractivity contribution in [1.82, 2.24) is 20.2 Å². The Kier molecular flexibility index (Phi) is 6.94. The number of carbonyl (C=O) groups is 2. The van der Waals surface area contributed by atoms with Crippen LogP contribution >= 0.6 is 11.6 Å². The highest BCUT2D eigenvalue weighted by Crippen LogP contribution is 2.24. The molecule has 4 rings (SSSR count). The largest absolute Gasteiger partial charge is 0.444 e. The van der Waals surface area contributed by atoms with E-state index in [0.717, 1.165) is 22.3 Å². The molecule has 0 spiro atoms. The number of piperazine rings is 1. The molecule has 1 aromatic heterocycles. The molecule has 2 aromatic carbocycles. The zero-order chi connectivity index (χ0) is 25.3. The summed E-state index contributed by atoms with van der Waals surface area (Å²) in [7, 11) is 0. The van der Waals surface area contributed by atoms with Gasteiger partial charge in [-0.3, -0.25) is 4.79 Å². The lowest BCUT2D eigenvalue weighted by molar-refractivity contribution is 0.0240. The second-order valence-electron chi connectivity index (χ2n) is 9.93. The molecular weight excluding hydrogens is 466 g/mol. The predicted octanol–water partition coefficient (Wildman–Crippen LogP) is 5.07. The van der Waals surface area contributed by atoms with Crippen molar-refractivity contribution < 1.29 is 14.3 Å². The third-order valence-corrected chi connectivity index (χ3v) is 6.19. The summed E-state index contributed by atoms with van der Waals surface area (Å²) in [5.74, 6) is 0.507. The van der Waals surface area contributed by atoms with Gasteiger partial charge in [-0.15, -0.1) is 0 Å². The number of aryl methyl sites for hydroxylation is 1. The summed E-state index contributed by atoms with van der Waals surface area (Å²) in [4.78, 5) is 37.0. The van der Waals surface area contributed by atoms with Crippen LogP contribution in [0.2, 0.25) is 5.02 Å². The van der Waals surface area contributed by atoms with E-state index < -0.39 is 5.60 Å². The number of carbonyl (C=O) groups excluding carboxylic acids is 2. The fraction of sp³-hybridized carbons (Fsp3) is 0.423. The number of anilines is 1. The molecule has 1 saturated heterocycles.